The fourth-order valence-corrected chi connectivity index (χ4v) is 3.16. The van der Waals surface area contributed by atoms with Crippen molar-refractivity contribution < 1.29 is 4.74 Å². The van der Waals surface area contributed by atoms with Crippen molar-refractivity contribution in [2.75, 3.05) is 38.6 Å². The molecule has 1 saturated heterocycles. The third-order valence-electron chi connectivity index (χ3n) is 4.40. The first kappa shape index (κ1) is 14.4. The molecule has 0 amide bonds. The van der Waals surface area contributed by atoms with Gasteiger partial charge < -0.3 is 10.5 Å². The van der Waals surface area contributed by atoms with Gasteiger partial charge in [-0.1, -0.05) is 12.1 Å². The Morgan fingerprint density at radius 3 is 2.87 bits per heavy atom. The van der Waals surface area contributed by atoms with E-state index in [2.05, 4.69) is 9.88 Å². The highest BCUT2D eigenvalue weighted by Gasteiger charge is 2.12. The van der Waals surface area contributed by atoms with Crippen LogP contribution in [0.5, 0.6) is 0 Å². The topological polar surface area (TPSA) is 68.7 Å². The lowest BCUT2D eigenvalue weighted by Crippen LogP contribution is -2.36. The third kappa shape index (κ3) is 2.87. The summed E-state index contributed by atoms with van der Waals surface area (Å²) >= 11 is 0. The van der Waals surface area contributed by atoms with Crippen LogP contribution in [0.3, 0.4) is 0 Å². The number of aromatic nitrogens is 3. The maximum absolute atomic E-state index is 6.06. The fraction of sp³-hybridized carbons (Fsp3) is 0.412. The molecule has 0 unspecified atom stereocenters. The monoisotopic (exact) mass is 311 g/mol. The van der Waals surface area contributed by atoms with Crippen molar-refractivity contribution in [2.24, 2.45) is 0 Å². The molecule has 3 heterocycles. The molecule has 0 bridgehead atoms. The second kappa shape index (κ2) is 6.14. The molecule has 0 spiro atoms. The minimum atomic E-state index is 0.563. The van der Waals surface area contributed by atoms with Crippen LogP contribution in [0.15, 0.2) is 30.3 Å². The van der Waals surface area contributed by atoms with Gasteiger partial charge in [0, 0.05) is 24.5 Å². The largest absolute Gasteiger partial charge is 0.383 e. The van der Waals surface area contributed by atoms with E-state index in [-0.39, 0.29) is 0 Å². The van der Waals surface area contributed by atoms with Crippen LogP contribution in [0.2, 0.25) is 0 Å². The summed E-state index contributed by atoms with van der Waals surface area (Å²) in [5.41, 5.74) is 8.96. The number of para-hydroxylation sites is 1. The molecule has 4 rings (SSSR count). The number of hydrogen-bond acceptors (Lipinski definition) is 5. The van der Waals surface area contributed by atoms with Crippen LogP contribution < -0.4 is 5.73 Å². The number of nitrogen functional groups attached to an aromatic ring is 1. The maximum Gasteiger partial charge on any atom is 0.158 e. The molecule has 1 aromatic carbocycles. The molecule has 3 aromatic rings. The Bertz CT molecular complexity index is 822. The van der Waals surface area contributed by atoms with Crippen LogP contribution in [0.1, 0.15) is 12.1 Å². The Balaban J connectivity index is 1.53. The van der Waals surface area contributed by atoms with Crippen molar-refractivity contribution in [1.29, 1.82) is 0 Å². The predicted octanol–water partition coefficient (Wildman–Crippen LogP) is 1.73. The molecule has 23 heavy (non-hydrogen) atoms. The number of benzene rings is 1. The zero-order valence-electron chi connectivity index (χ0n) is 13.1. The SMILES string of the molecule is Nc1nc2cc(CCCN3CCOCC3)nn2c2ccccc12. The highest BCUT2D eigenvalue weighted by molar-refractivity contribution is 5.90. The Morgan fingerprint density at radius 1 is 1.17 bits per heavy atom. The highest BCUT2D eigenvalue weighted by atomic mass is 16.5. The first-order valence-electron chi connectivity index (χ1n) is 8.14. The van der Waals surface area contributed by atoms with E-state index < -0.39 is 0 Å². The lowest BCUT2D eigenvalue weighted by molar-refractivity contribution is 0.0374. The van der Waals surface area contributed by atoms with Crippen molar-refractivity contribution in [3.8, 4) is 0 Å². The van der Waals surface area contributed by atoms with Crippen LogP contribution in [0.4, 0.5) is 5.82 Å². The Hall–Kier alpha value is -2.18. The molecule has 2 N–H and O–H groups in total. The van der Waals surface area contributed by atoms with E-state index in [1.807, 2.05) is 34.8 Å². The molecule has 1 fully saturated rings. The van der Waals surface area contributed by atoms with Gasteiger partial charge in [-0.05, 0) is 31.5 Å². The molecule has 1 aliphatic heterocycles. The summed E-state index contributed by atoms with van der Waals surface area (Å²) in [7, 11) is 0. The molecule has 6 heteroatoms. The summed E-state index contributed by atoms with van der Waals surface area (Å²) in [5, 5.41) is 5.67. The molecule has 0 atom stereocenters. The normalized spacial score (nSPS) is 16.3. The van der Waals surface area contributed by atoms with E-state index >= 15 is 0 Å². The second-order valence-electron chi connectivity index (χ2n) is 5.98. The van der Waals surface area contributed by atoms with Crippen molar-refractivity contribution in [3.05, 3.63) is 36.0 Å². The lowest BCUT2D eigenvalue weighted by Gasteiger charge is -2.26. The molecule has 0 radical (unpaired) electrons. The third-order valence-corrected chi connectivity index (χ3v) is 4.40. The summed E-state index contributed by atoms with van der Waals surface area (Å²) in [5.74, 6) is 0.563. The molecule has 0 aliphatic carbocycles. The van der Waals surface area contributed by atoms with Gasteiger partial charge in [0.15, 0.2) is 5.65 Å². The number of nitrogens with zero attached hydrogens (tertiary/aromatic N) is 4. The number of ether oxygens (including phenoxy) is 1. The van der Waals surface area contributed by atoms with Crippen LogP contribution in [0.25, 0.3) is 16.6 Å². The smallest absolute Gasteiger partial charge is 0.158 e. The minimum absolute atomic E-state index is 0.563. The summed E-state index contributed by atoms with van der Waals surface area (Å²) in [4.78, 5) is 6.92. The van der Waals surface area contributed by atoms with Gasteiger partial charge in [0.25, 0.3) is 0 Å². The average Bonchev–Trinajstić information content (AvgIpc) is 2.99. The number of aryl methyl sites for hydroxylation is 1. The summed E-state index contributed by atoms with van der Waals surface area (Å²) in [6.45, 7) is 4.86. The molecule has 2 aromatic heterocycles. The Morgan fingerprint density at radius 2 is 2.00 bits per heavy atom. The van der Waals surface area contributed by atoms with Gasteiger partial charge in [0.05, 0.1) is 24.4 Å². The number of nitrogens with two attached hydrogens (primary N) is 1. The Kier molecular flexibility index (Phi) is 3.85. The van der Waals surface area contributed by atoms with E-state index in [9.17, 15) is 0 Å². The average molecular weight is 311 g/mol. The summed E-state index contributed by atoms with van der Waals surface area (Å²) in [6, 6.07) is 10.0. The van der Waals surface area contributed by atoms with Gasteiger partial charge in [-0.25, -0.2) is 9.50 Å². The van der Waals surface area contributed by atoms with Crippen molar-refractivity contribution in [1.82, 2.24) is 19.5 Å². The van der Waals surface area contributed by atoms with E-state index in [0.717, 1.165) is 67.9 Å². The quantitative estimate of drug-likeness (QED) is 0.795. The summed E-state index contributed by atoms with van der Waals surface area (Å²) in [6.07, 6.45) is 2.05. The van der Waals surface area contributed by atoms with Gasteiger partial charge in [-0.2, -0.15) is 5.10 Å². The van der Waals surface area contributed by atoms with Crippen LogP contribution in [0, 0.1) is 0 Å². The molecular formula is C17H21N5O. The molecule has 6 nitrogen and oxygen atoms in total. The van der Waals surface area contributed by atoms with Gasteiger partial charge in [-0.3, -0.25) is 4.90 Å². The Labute approximate surface area is 134 Å². The standard InChI is InChI=1S/C17H21N5O/c18-17-14-5-1-2-6-15(14)22-16(19-17)12-13(20-22)4-3-7-21-8-10-23-11-9-21/h1-2,5-6,12H,3-4,7-11H2,(H2,18,19). The summed E-state index contributed by atoms with van der Waals surface area (Å²) < 4.78 is 7.28. The zero-order chi connectivity index (χ0) is 15.6. The number of hydrogen-bond donors (Lipinski definition) is 1. The van der Waals surface area contributed by atoms with Gasteiger partial charge in [0.1, 0.15) is 5.82 Å². The van der Waals surface area contributed by atoms with E-state index in [0.29, 0.717) is 5.82 Å². The van der Waals surface area contributed by atoms with Crippen LogP contribution in [-0.2, 0) is 11.2 Å². The van der Waals surface area contributed by atoms with E-state index in [1.54, 1.807) is 0 Å². The number of fused-ring (bicyclic) bond motifs is 3. The van der Waals surface area contributed by atoms with Gasteiger partial charge in [-0.15, -0.1) is 0 Å². The second-order valence-corrected chi connectivity index (χ2v) is 5.98. The first-order valence-corrected chi connectivity index (χ1v) is 8.14. The van der Waals surface area contributed by atoms with E-state index in [4.69, 9.17) is 15.6 Å². The van der Waals surface area contributed by atoms with Crippen molar-refractivity contribution in [3.63, 3.8) is 0 Å². The minimum Gasteiger partial charge on any atom is -0.383 e. The number of morpholine rings is 1. The van der Waals surface area contributed by atoms with Crippen molar-refractivity contribution >= 4 is 22.4 Å². The molecule has 120 valence electrons. The van der Waals surface area contributed by atoms with Gasteiger partial charge in [0.2, 0.25) is 0 Å². The zero-order valence-corrected chi connectivity index (χ0v) is 13.1. The molecule has 1 aliphatic rings. The first-order chi connectivity index (χ1) is 11.3. The van der Waals surface area contributed by atoms with E-state index in [1.165, 1.54) is 0 Å². The van der Waals surface area contributed by atoms with Crippen molar-refractivity contribution in [2.45, 2.75) is 12.8 Å². The maximum atomic E-state index is 6.06. The van der Waals surface area contributed by atoms with Crippen LogP contribution in [-0.4, -0.2) is 52.3 Å². The molecule has 0 saturated carbocycles. The molecular weight excluding hydrogens is 290 g/mol. The van der Waals surface area contributed by atoms with Gasteiger partial charge >= 0.3 is 0 Å². The predicted molar refractivity (Wildman–Crippen MR) is 90.5 cm³/mol. The lowest BCUT2D eigenvalue weighted by atomic mass is 10.2. The highest BCUT2D eigenvalue weighted by Crippen LogP contribution is 2.21. The van der Waals surface area contributed by atoms with Crippen LogP contribution >= 0.6 is 0 Å². The number of anilines is 1. The fourth-order valence-electron chi connectivity index (χ4n) is 3.16. The number of rotatable bonds is 4.